The van der Waals surface area contributed by atoms with Crippen LogP contribution in [0, 0.1) is 6.92 Å². The molecule has 1 aromatic carbocycles. The Hall–Kier alpha value is -2.26. The summed E-state index contributed by atoms with van der Waals surface area (Å²) in [6.45, 7) is 1.35. The summed E-state index contributed by atoms with van der Waals surface area (Å²) in [7, 11) is 0. The number of hydrogen-bond donors (Lipinski definition) is 1. The van der Waals surface area contributed by atoms with Gasteiger partial charge in [0.05, 0.1) is 18.0 Å². The van der Waals surface area contributed by atoms with Crippen LogP contribution in [0.1, 0.15) is 23.4 Å². The number of nitrogens with zero attached hydrogens (tertiary/aromatic N) is 3. The number of nitrogens with two attached hydrogens (primary N) is 1. The molecule has 0 saturated heterocycles. The zero-order valence-electron chi connectivity index (χ0n) is 13.3. The first-order chi connectivity index (χ1) is 12.1. The molecule has 0 aliphatic carbocycles. The number of aromatic nitrogens is 2. The lowest BCUT2D eigenvalue weighted by Crippen LogP contribution is -2.16. The second-order valence-corrected chi connectivity index (χ2v) is 6.05. The van der Waals surface area contributed by atoms with E-state index in [0.29, 0.717) is 10.6 Å². The Bertz CT molecular complexity index is 850. The van der Waals surface area contributed by atoms with Crippen LogP contribution in [0.25, 0.3) is 0 Å². The molecule has 11 heteroatoms. The molecule has 0 spiro atoms. The van der Waals surface area contributed by atoms with E-state index in [1.54, 1.807) is 0 Å². The lowest BCUT2D eigenvalue weighted by atomic mass is 10.2. The Labute approximate surface area is 156 Å². The molecule has 26 heavy (non-hydrogen) atoms. The summed E-state index contributed by atoms with van der Waals surface area (Å²) >= 11 is 11.7. The Kier molecular flexibility index (Phi) is 6.14. The van der Waals surface area contributed by atoms with Gasteiger partial charge in [-0.25, -0.2) is 4.79 Å². The molecule has 1 aromatic heterocycles. The number of amidine groups is 1. The first-order valence-corrected chi connectivity index (χ1v) is 7.94. The van der Waals surface area contributed by atoms with Crippen molar-refractivity contribution in [3.05, 3.63) is 51.3 Å². The maximum atomic E-state index is 12.6. The highest BCUT2D eigenvalue weighted by atomic mass is 35.5. The monoisotopic (exact) mass is 408 g/mol. The second-order valence-electron chi connectivity index (χ2n) is 5.21. The second kappa shape index (κ2) is 7.96. The molecule has 2 N–H and O–H groups in total. The predicted octanol–water partition coefficient (Wildman–Crippen LogP) is 3.77. The van der Waals surface area contributed by atoms with Crippen LogP contribution in [0.5, 0.6) is 0 Å². The summed E-state index contributed by atoms with van der Waals surface area (Å²) in [5.74, 6) is -0.934. The van der Waals surface area contributed by atoms with E-state index in [4.69, 9.17) is 28.9 Å². The zero-order valence-corrected chi connectivity index (χ0v) is 14.9. The van der Waals surface area contributed by atoms with Crippen molar-refractivity contribution in [2.75, 3.05) is 0 Å². The summed E-state index contributed by atoms with van der Waals surface area (Å²) in [5.41, 5.74) is 5.24. The number of benzene rings is 1. The van der Waals surface area contributed by atoms with Crippen LogP contribution in [-0.2, 0) is 22.4 Å². The van der Waals surface area contributed by atoms with E-state index in [1.165, 1.54) is 25.1 Å². The van der Waals surface area contributed by atoms with Gasteiger partial charge in [-0.1, -0.05) is 28.4 Å². The van der Waals surface area contributed by atoms with Crippen LogP contribution in [0.15, 0.2) is 29.4 Å². The van der Waals surface area contributed by atoms with E-state index in [0.717, 1.165) is 10.7 Å². The van der Waals surface area contributed by atoms with Crippen LogP contribution in [0.3, 0.4) is 0 Å². The third-order valence-electron chi connectivity index (χ3n) is 3.25. The number of aryl methyl sites for hydroxylation is 2. The Morgan fingerprint density at radius 3 is 2.62 bits per heavy atom. The third kappa shape index (κ3) is 5.12. The summed E-state index contributed by atoms with van der Waals surface area (Å²) < 4.78 is 38.8. The van der Waals surface area contributed by atoms with E-state index in [9.17, 15) is 18.0 Å². The third-order valence-corrected chi connectivity index (χ3v) is 3.80. The van der Waals surface area contributed by atoms with E-state index >= 15 is 0 Å². The van der Waals surface area contributed by atoms with Gasteiger partial charge in [-0.2, -0.15) is 18.3 Å². The Balaban J connectivity index is 1.96. The van der Waals surface area contributed by atoms with Gasteiger partial charge >= 0.3 is 12.1 Å². The average molecular weight is 409 g/mol. The van der Waals surface area contributed by atoms with Gasteiger partial charge in [0.2, 0.25) is 0 Å². The highest BCUT2D eigenvalue weighted by Crippen LogP contribution is 2.28. The van der Waals surface area contributed by atoms with Gasteiger partial charge < -0.3 is 10.6 Å². The van der Waals surface area contributed by atoms with Crippen LogP contribution in [0.4, 0.5) is 13.2 Å². The van der Waals surface area contributed by atoms with Crippen molar-refractivity contribution in [2.24, 2.45) is 10.9 Å². The fourth-order valence-electron chi connectivity index (χ4n) is 1.96. The van der Waals surface area contributed by atoms with Crippen molar-refractivity contribution in [3.8, 4) is 0 Å². The van der Waals surface area contributed by atoms with Gasteiger partial charge in [-0.3, -0.25) is 4.68 Å². The van der Waals surface area contributed by atoms with Gasteiger partial charge in [-0.05, 0) is 31.2 Å². The number of oxime groups is 1. The fraction of sp³-hybridized carbons (Fsp3) is 0.267. The predicted molar refractivity (Wildman–Crippen MR) is 89.9 cm³/mol. The van der Waals surface area contributed by atoms with E-state index in [-0.39, 0.29) is 29.5 Å². The molecule has 140 valence electrons. The normalized spacial score (nSPS) is 12.3. The molecule has 0 fully saturated rings. The molecule has 0 bridgehead atoms. The first kappa shape index (κ1) is 20.1. The fourth-order valence-corrected chi connectivity index (χ4v) is 2.47. The molecule has 0 amide bonds. The number of halogens is 5. The largest absolute Gasteiger partial charge is 0.435 e. The quantitative estimate of drug-likeness (QED) is 0.353. The van der Waals surface area contributed by atoms with Gasteiger partial charge in [0.25, 0.3) is 0 Å². The minimum atomic E-state index is -4.55. The lowest BCUT2D eigenvalue weighted by Gasteiger charge is -2.05. The number of alkyl halides is 3. The first-order valence-electron chi connectivity index (χ1n) is 7.18. The maximum Gasteiger partial charge on any atom is 0.435 e. The standard InChI is InChI=1S/C15H13Cl2F3N4O2/c1-8-6-12(15(18,19)20)22-24(8)5-4-13(25)26-23-14(21)10-3-2-9(16)7-11(10)17/h2-3,6-7H,4-5H2,1H3,(H2,21,23). The molecule has 0 aliphatic heterocycles. The molecule has 6 nitrogen and oxygen atoms in total. The lowest BCUT2D eigenvalue weighted by molar-refractivity contribution is -0.144. The van der Waals surface area contributed by atoms with Crippen LogP contribution in [-0.4, -0.2) is 21.6 Å². The van der Waals surface area contributed by atoms with Crippen LogP contribution in [0.2, 0.25) is 10.0 Å². The minimum Gasteiger partial charge on any atom is -0.380 e. The summed E-state index contributed by atoms with van der Waals surface area (Å²) in [4.78, 5) is 16.4. The van der Waals surface area contributed by atoms with Gasteiger partial charge in [0.15, 0.2) is 11.5 Å². The Morgan fingerprint density at radius 1 is 1.35 bits per heavy atom. The van der Waals surface area contributed by atoms with Crippen LogP contribution >= 0.6 is 23.2 Å². The molecule has 0 aliphatic rings. The highest BCUT2D eigenvalue weighted by Gasteiger charge is 2.34. The summed E-state index contributed by atoms with van der Waals surface area (Å²) in [5, 5.41) is 7.50. The molecule has 0 radical (unpaired) electrons. The van der Waals surface area contributed by atoms with Crippen molar-refractivity contribution in [2.45, 2.75) is 26.1 Å². The maximum absolute atomic E-state index is 12.6. The number of rotatable bonds is 5. The van der Waals surface area contributed by atoms with E-state index < -0.39 is 17.8 Å². The number of carbonyl (C=O) groups excluding carboxylic acids is 1. The molecule has 0 unspecified atom stereocenters. The van der Waals surface area contributed by atoms with Crippen molar-refractivity contribution in [1.82, 2.24) is 9.78 Å². The van der Waals surface area contributed by atoms with Crippen molar-refractivity contribution in [1.29, 1.82) is 0 Å². The minimum absolute atomic E-state index is 0.0993. The number of hydrogen-bond acceptors (Lipinski definition) is 4. The van der Waals surface area contributed by atoms with Crippen molar-refractivity contribution in [3.63, 3.8) is 0 Å². The molecule has 2 aromatic rings. The molecule has 1 heterocycles. The van der Waals surface area contributed by atoms with E-state index in [1.807, 2.05) is 0 Å². The van der Waals surface area contributed by atoms with Gasteiger partial charge in [-0.15, -0.1) is 0 Å². The van der Waals surface area contributed by atoms with Gasteiger partial charge in [0, 0.05) is 16.3 Å². The van der Waals surface area contributed by atoms with Crippen molar-refractivity contribution >= 4 is 35.0 Å². The Morgan fingerprint density at radius 2 is 2.04 bits per heavy atom. The smallest absolute Gasteiger partial charge is 0.380 e. The topological polar surface area (TPSA) is 82.5 Å². The van der Waals surface area contributed by atoms with Crippen molar-refractivity contribution < 1.29 is 22.8 Å². The molecule has 2 rings (SSSR count). The molecule has 0 saturated carbocycles. The molecule has 0 atom stereocenters. The average Bonchev–Trinajstić information content (AvgIpc) is 2.92. The SMILES string of the molecule is Cc1cc(C(F)(F)F)nn1CCC(=O)O/N=C(\N)c1ccc(Cl)cc1Cl. The van der Waals surface area contributed by atoms with Gasteiger partial charge in [0.1, 0.15) is 0 Å². The van der Waals surface area contributed by atoms with E-state index in [2.05, 4.69) is 15.1 Å². The summed E-state index contributed by atoms with van der Waals surface area (Å²) in [6, 6.07) is 5.38. The van der Waals surface area contributed by atoms with Crippen LogP contribution < -0.4 is 5.73 Å². The summed E-state index contributed by atoms with van der Waals surface area (Å²) in [6.07, 6.45) is -4.79. The number of carbonyl (C=O) groups is 1. The molecular formula is C15H13Cl2F3N4O2. The highest BCUT2D eigenvalue weighted by molar-refractivity contribution is 6.36. The molecular weight excluding hydrogens is 396 g/mol. The zero-order chi connectivity index (χ0) is 19.5.